The third-order valence-corrected chi connectivity index (χ3v) is 5.13. The van der Waals surface area contributed by atoms with E-state index in [9.17, 15) is 8.42 Å². The number of hydrogen-bond acceptors (Lipinski definition) is 5. The highest BCUT2D eigenvalue weighted by atomic mass is 32.2. The Kier molecular flexibility index (Phi) is 2.90. The number of sulfonamides is 1. The van der Waals surface area contributed by atoms with Crippen molar-refractivity contribution in [3.8, 4) is 0 Å². The summed E-state index contributed by atoms with van der Waals surface area (Å²) in [6.45, 7) is 0.552. The lowest BCUT2D eigenvalue weighted by Gasteiger charge is -2.21. The zero-order valence-corrected chi connectivity index (χ0v) is 11.2. The van der Waals surface area contributed by atoms with Crippen molar-refractivity contribution in [2.24, 2.45) is 0 Å². The van der Waals surface area contributed by atoms with Crippen LogP contribution in [0.15, 0.2) is 4.52 Å². The van der Waals surface area contributed by atoms with Crippen LogP contribution in [0.2, 0.25) is 0 Å². The van der Waals surface area contributed by atoms with Gasteiger partial charge in [0.15, 0.2) is 5.82 Å². The molecule has 3 rings (SSSR count). The van der Waals surface area contributed by atoms with Crippen molar-refractivity contribution in [3.05, 3.63) is 11.7 Å². The lowest BCUT2D eigenvalue weighted by Crippen LogP contribution is -2.30. The van der Waals surface area contributed by atoms with Crippen LogP contribution in [0.4, 0.5) is 0 Å². The highest BCUT2D eigenvalue weighted by molar-refractivity contribution is 7.88. The van der Waals surface area contributed by atoms with E-state index in [2.05, 4.69) is 10.1 Å². The Balaban J connectivity index is 1.83. The van der Waals surface area contributed by atoms with Crippen molar-refractivity contribution in [1.82, 2.24) is 14.4 Å². The smallest absolute Gasteiger partial charge is 0.229 e. The zero-order valence-electron chi connectivity index (χ0n) is 10.4. The molecule has 0 N–H and O–H groups in total. The molecule has 0 radical (unpaired) electrons. The summed E-state index contributed by atoms with van der Waals surface area (Å²) >= 11 is 0. The van der Waals surface area contributed by atoms with Crippen LogP contribution >= 0.6 is 0 Å². The summed E-state index contributed by atoms with van der Waals surface area (Å²) in [5.41, 5.74) is 0. The van der Waals surface area contributed by atoms with Gasteiger partial charge in [0, 0.05) is 12.5 Å². The number of rotatable bonds is 3. The van der Waals surface area contributed by atoms with E-state index in [1.807, 2.05) is 0 Å². The van der Waals surface area contributed by atoms with Crippen molar-refractivity contribution in [1.29, 1.82) is 0 Å². The highest BCUT2D eigenvalue weighted by Crippen LogP contribution is 2.37. The fourth-order valence-electron chi connectivity index (χ4n) is 2.60. The minimum atomic E-state index is -3.19. The first-order valence-electron chi connectivity index (χ1n) is 6.36. The Bertz CT molecular complexity index is 535. The standard InChI is InChI=1S/C11H17N3O3S/c1-18(15,16)14-7-3-6-9(14)10-12-11(17-13-10)8-4-2-5-8/h8-9H,2-7H2,1H3/t9-/m1/s1. The summed E-state index contributed by atoms with van der Waals surface area (Å²) in [5, 5.41) is 3.97. The van der Waals surface area contributed by atoms with Crippen LogP contribution in [0, 0.1) is 0 Å². The van der Waals surface area contributed by atoms with Gasteiger partial charge in [-0.1, -0.05) is 11.6 Å². The summed E-state index contributed by atoms with van der Waals surface area (Å²) in [6.07, 6.45) is 6.27. The quantitative estimate of drug-likeness (QED) is 0.831. The van der Waals surface area contributed by atoms with Crippen LogP contribution in [0.1, 0.15) is 55.8 Å². The summed E-state index contributed by atoms with van der Waals surface area (Å²) in [4.78, 5) is 4.39. The summed E-state index contributed by atoms with van der Waals surface area (Å²) < 4.78 is 30.1. The molecule has 1 aliphatic carbocycles. The van der Waals surface area contributed by atoms with Gasteiger partial charge in [-0.2, -0.15) is 9.29 Å². The molecular weight excluding hydrogens is 254 g/mol. The molecule has 2 heterocycles. The van der Waals surface area contributed by atoms with Crippen LogP contribution < -0.4 is 0 Å². The monoisotopic (exact) mass is 271 g/mol. The Morgan fingerprint density at radius 3 is 2.67 bits per heavy atom. The highest BCUT2D eigenvalue weighted by Gasteiger charge is 2.36. The van der Waals surface area contributed by atoms with Crippen molar-refractivity contribution >= 4 is 10.0 Å². The predicted octanol–water partition coefficient (Wildman–Crippen LogP) is 1.43. The van der Waals surface area contributed by atoms with Crippen LogP contribution in [0.25, 0.3) is 0 Å². The molecular formula is C11H17N3O3S. The topological polar surface area (TPSA) is 76.3 Å². The van der Waals surface area contributed by atoms with Crippen LogP contribution in [0.5, 0.6) is 0 Å². The zero-order chi connectivity index (χ0) is 12.8. The molecule has 1 aromatic rings. The van der Waals surface area contributed by atoms with Gasteiger partial charge in [0.25, 0.3) is 0 Å². The van der Waals surface area contributed by atoms with E-state index in [-0.39, 0.29) is 6.04 Å². The van der Waals surface area contributed by atoms with E-state index in [0.717, 1.165) is 25.7 Å². The second kappa shape index (κ2) is 4.31. The molecule has 2 fully saturated rings. The summed E-state index contributed by atoms with van der Waals surface area (Å²) in [7, 11) is -3.19. The van der Waals surface area contributed by atoms with Gasteiger partial charge < -0.3 is 4.52 Å². The van der Waals surface area contributed by atoms with Crippen LogP contribution in [0.3, 0.4) is 0 Å². The van der Waals surface area contributed by atoms with Crippen molar-refractivity contribution < 1.29 is 12.9 Å². The lowest BCUT2D eigenvalue weighted by molar-refractivity contribution is 0.287. The molecule has 0 aromatic carbocycles. The lowest BCUT2D eigenvalue weighted by atomic mass is 9.85. The molecule has 0 unspecified atom stereocenters. The Morgan fingerprint density at radius 1 is 1.28 bits per heavy atom. The molecule has 0 spiro atoms. The predicted molar refractivity (Wildman–Crippen MR) is 64.4 cm³/mol. The molecule has 0 bridgehead atoms. The normalized spacial score (nSPS) is 26.4. The maximum Gasteiger partial charge on any atom is 0.229 e. The fourth-order valence-corrected chi connectivity index (χ4v) is 3.72. The molecule has 1 saturated heterocycles. The van der Waals surface area contributed by atoms with Gasteiger partial charge in [-0.15, -0.1) is 0 Å². The van der Waals surface area contributed by atoms with Gasteiger partial charge in [-0.3, -0.25) is 0 Å². The first kappa shape index (κ1) is 12.1. The average molecular weight is 271 g/mol. The Hall–Kier alpha value is -0.950. The van der Waals surface area contributed by atoms with E-state index in [1.54, 1.807) is 0 Å². The number of hydrogen-bond donors (Lipinski definition) is 0. The van der Waals surface area contributed by atoms with Gasteiger partial charge in [-0.25, -0.2) is 8.42 Å². The SMILES string of the molecule is CS(=O)(=O)N1CCC[C@@H]1c1noc(C2CCC2)n1. The van der Waals surface area contributed by atoms with E-state index < -0.39 is 10.0 Å². The Labute approximate surface area is 106 Å². The molecule has 0 amide bonds. The minimum Gasteiger partial charge on any atom is -0.339 e. The molecule has 1 saturated carbocycles. The van der Waals surface area contributed by atoms with Crippen molar-refractivity contribution in [2.45, 2.75) is 44.1 Å². The number of nitrogens with zero attached hydrogens (tertiary/aromatic N) is 3. The van der Waals surface area contributed by atoms with Gasteiger partial charge in [0.2, 0.25) is 15.9 Å². The maximum absolute atomic E-state index is 11.7. The van der Waals surface area contributed by atoms with E-state index >= 15 is 0 Å². The van der Waals surface area contributed by atoms with E-state index in [4.69, 9.17) is 4.52 Å². The van der Waals surface area contributed by atoms with Gasteiger partial charge in [0.05, 0.1) is 12.3 Å². The molecule has 1 atom stereocenters. The molecule has 2 aliphatic rings. The van der Waals surface area contributed by atoms with Gasteiger partial charge in [-0.05, 0) is 25.7 Å². The van der Waals surface area contributed by atoms with E-state index in [0.29, 0.717) is 24.2 Å². The fraction of sp³-hybridized carbons (Fsp3) is 0.818. The molecule has 1 aliphatic heterocycles. The molecule has 100 valence electrons. The summed E-state index contributed by atoms with van der Waals surface area (Å²) in [5.74, 6) is 1.59. The number of aromatic nitrogens is 2. The summed E-state index contributed by atoms with van der Waals surface area (Å²) in [6, 6.07) is -0.238. The van der Waals surface area contributed by atoms with Crippen LogP contribution in [-0.2, 0) is 10.0 Å². The van der Waals surface area contributed by atoms with Crippen molar-refractivity contribution in [3.63, 3.8) is 0 Å². The third-order valence-electron chi connectivity index (χ3n) is 3.84. The Morgan fingerprint density at radius 2 is 2.06 bits per heavy atom. The molecule has 1 aromatic heterocycles. The van der Waals surface area contributed by atoms with Crippen molar-refractivity contribution in [2.75, 3.05) is 12.8 Å². The molecule has 7 heteroatoms. The first-order valence-corrected chi connectivity index (χ1v) is 8.21. The van der Waals surface area contributed by atoms with E-state index in [1.165, 1.54) is 17.0 Å². The molecule has 18 heavy (non-hydrogen) atoms. The van der Waals surface area contributed by atoms with Gasteiger partial charge >= 0.3 is 0 Å². The van der Waals surface area contributed by atoms with Gasteiger partial charge in [0.1, 0.15) is 0 Å². The maximum atomic E-state index is 11.7. The average Bonchev–Trinajstić information content (AvgIpc) is 2.78. The first-order chi connectivity index (χ1) is 8.55. The molecule has 6 nitrogen and oxygen atoms in total. The third kappa shape index (κ3) is 2.05. The largest absolute Gasteiger partial charge is 0.339 e. The minimum absolute atomic E-state index is 0.238. The second-order valence-electron chi connectivity index (χ2n) is 5.15. The second-order valence-corrected chi connectivity index (χ2v) is 7.09. The van der Waals surface area contributed by atoms with Crippen LogP contribution in [-0.4, -0.2) is 35.7 Å².